The van der Waals surface area contributed by atoms with Crippen LogP contribution in [0.15, 0.2) is 29.2 Å². The average Bonchev–Trinajstić information content (AvgIpc) is 2.65. The standard InChI is InChI=1S/C20H32N2O2S/c1-15(14-25-19-9-5-4-8-18(19)24-3)12-22-20(23)11-16(2)17-7-6-10-21-13-17/h4-5,8-9,15-17,21H,6-7,10-14H2,1-3H3,(H,22,23). The molecule has 4 nitrogen and oxygen atoms in total. The van der Waals surface area contributed by atoms with Gasteiger partial charge < -0.3 is 15.4 Å². The summed E-state index contributed by atoms with van der Waals surface area (Å²) in [6, 6.07) is 8.07. The predicted molar refractivity (Wildman–Crippen MR) is 105 cm³/mol. The van der Waals surface area contributed by atoms with Crippen molar-refractivity contribution < 1.29 is 9.53 Å². The number of carbonyl (C=O) groups is 1. The molecule has 0 aliphatic carbocycles. The Bertz CT molecular complexity index is 532. The van der Waals surface area contributed by atoms with Gasteiger partial charge in [0.05, 0.1) is 7.11 Å². The maximum absolute atomic E-state index is 12.2. The van der Waals surface area contributed by atoms with Gasteiger partial charge in [0.1, 0.15) is 5.75 Å². The van der Waals surface area contributed by atoms with E-state index in [9.17, 15) is 4.79 Å². The smallest absolute Gasteiger partial charge is 0.220 e. The zero-order chi connectivity index (χ0) is 18.1. The fraction of sp³-hybridized carbons (Fsp3) is 0.650. The number of carbonyl (C=O) groups excluding carboxylic acids is 1. The summed E-state index contributed by atoms with van der Waals surface area (Å²) in [5.74, 6) is 3.57. The van der Waals surface area contributed by atoms with E-state index in [4.69, 9.17) is 4.74 Å². The Morgan fingerprint density at radius 3 is 2.92 bits per heavy atom. The van der Waals surface area contributed by atoms with Crippen molar-refractivity contribution in [3.05, 3.63) is 24.3 Å². The molecule has 0 bridgehead atoms. The molecule has 1 amide bonds. The first-order chi connectivity index (χ1) is 12.1. The van der Waals surface area contributed by atoms with Gasteiger partial charge in [-0.1, -0.05) is 26.0 Å². The molecule has 1 saturated heterocycles. The van der Waals surface area contributed by atoms with Crippen LogP contribution in [0.3, 0.4) is 0 Å². The van der Waals surface area contributed by atoms with Crippen LogP contribution in [0.5, 0.6) is 5.75 Å². The summed E-state index contributed by atoms with van der Waals surface area (Å²) in [6.07, 6.45) is 3.11. The maximum atomic E-state index is 12.2. The first kappa shape index (κ1) is 20.1. The minimum absolute atomic E-state index is 0.187. The summed E-state index contributed by atoms with van der Waals surface area (Å²) in [4.78, 5) is 13.4. The van der Waals surface area contributed by atoms with Gasteiger partial charge in [-0.15, -0.1) is 11.8 Å². The van der Waals surface area contributed by atoms with Crippen LogP contribution in [-0.2, 0) is 4.79 Å². The highest BCUT2D eigenvalue weighted by Crippen LogP contribution is 2.30. The average molecular weight is 365 g/mol. The quantitative estimate of drug-likeness (QED) is 0.658. The largest absolute Gasteiger partial charge is 0.496 e. The molecule has 2 rings (SSSR count). The summed E-state index contributed by atoms with van der Waals surface area (Å²) in [6.45, 7) is 7.29. The van der Waals surface area contributed by atoms with Crippen LogP contribution in [0.2, 0.25) is 0 Å². The number of methoxy groups -OCH3 is 1. The molecule has 3 atom stereocenters. The minimum atomic E-state index is 0.187. The van der Waals surface area contributed by atoms with Crippen molar-refractivity contribution >= 4 is 17.7 Å². The molecule has 1 aliphatic rings. The normalized spacial score (nSPS) is 19.9. The molecule has 2 N–H and O–H groups in total. The molecule has 1 aromatic rings. The van der Waals surface area contributed by atoms with Crippen molar-refractivity contribution in [2.45, 2.75) is 38.0 Å². The minimum Gasteiger partial charge on any atom is -0.496 e. The van der Waals surface area contributed by atoms with Crippen LogP contribution in [-0.4, -0.2) is 38.4 Å². The molecule has 3 unspecified atom stereocenters. The van der Waals surface area contributed by atoms with E-state index in [1.807, 2.05) is 18.2 Å². The molecular formula is C20H32N2O2S. The lowest BCUT2D eigenvalue weighted by Gasteiger charge is -2.28. The molecule has 5 heteroatoms. The molecule has 1 aromatic carbocycles. The van der Waals surface area contributed by atoms with Crippen LogP contribution in [0.4, 0.5) is 0 Å². The zero-order valence-electron chi connectivity index (χ0n) is 15.7. The van der Waals surface area contributed by atoms with E-state index >= 15 is 0 Å². The highest BCUT2D eigenvalue weighted by atomic mass is 32.2. The van der Waals surface area contributed by atoms with Crippen LogP contribution < -0.4 is 15.4 Å². The first-order valence-electron chi connectivity index (χ1n) is 9.33. The number of para-hydroxylation sites is 1. The van der Waals surface area contributed by atoms with Crippen molar-refractivity contribution in [2.75, 3.05) is 32.5 Å². The van der Waals surface area contributed by atoms with E-state index in [0.29, 0.717) is 24.2 Å². The fourth-order valence-corrected chi connectivity index (χ4v) is 4.26. The summed E-state index contributed by atoms with van der Waals surface area (Å²) < 4.78 is 5.38. The summed E-state index contributed by atoms with van der Waals surface area (Å²) in [5.41, 5.74) is 0. The topological polar surface area (TPSA) is 50.4 Å². The number of piperidine rings is 1. The number of hydrogen-bond donors (Lipinski definition) is 2. The molecule has 0 aromatic heterocycles. The second kappa shape index (κ2) is 10.7. The van der Waals surface area contributed by atoms with E-state index in [0.717, 1.165) is 36.0 Å². The first-order valence-corrected chi connectivity index (χ1v) is 10.3. The molecule has 1 aliphatic heterocycles. The molecule has 1 fully saturated rings. The molecule has 0 saturated carbocycles. The third-order valence-electron chi connectivity index (χ3n) is 4.89. The number of hydrogen-bond acceptors (Lipinski definition) is 4. The lowest BCUT2D eigenvalue weighted by Crippen LogP contribution is -2.36. The Kier molecular flexibility index (Phi) is 8.62. The molecule has 25 heavy (non-hydrogen) atoms. The highest BCUT2D eigenvalue weighted by Gasteiger charge is 2.22. The summed E-state index contributed by atoms with van der Waals surface area (Å²) in [7, 11) is 1.70. The van der Waals surface area contributed by atoms with E-state index in [1.165, 1.54) is 12.8 Å². The molecule has 140 valence electrons. The number of benzene rings is 1. The van der Waals surface area contributed by atoms with Crippen LogP contribution in [0, 0.1) is 17.8 Å². The molecule has 0 spiro atoms. The van der Waals surface area contributed by atoms with E-state index in [1.54, 1.807) is 18.9 Å². The van der Waals surface area contributed by atoms with Crippen molar-refractivity contribution in [3.8, 4) is 5.75 Å². The van der Waals surface area contributed by atoms with Gasteiger partial charge in [0, 0.05) is 23.6 Å². The van der Waals surface area contributed by atoms with Crippen molar-refractivity contribution in [2.24, 2.45) is 17.8 Å². The number of thioether (sulfide) groups is 1. The Morgan fingerprint density at radius 1 is 1.40 bits per heavy atom. The fourth-order valence-electron chi connectivity index (χ4n) is 3.21. The van der Waals surface area contributed by atoms with Crippen LogP contribution >= 0.6 is 11.8 Å². The van der Waals surface area contributed by atoms with Gasteiger partial charge in [-0.3, -0.25) is 4.79 Å². The Morgan fingerprint density at radius 2 is 2.20 bits per heavy atom. The van der Waals surface area contributed by atoms with E-state index < -0.39 is 0 Å². The van der Waals surface area contributed by atoms with E-state index in [2.05, 4.69) is 30.5 Å². The lowest BCUT2D eigenvalue weighted by atomic mass is 9.85. The third-order valence-corrected chi connectivity index (χ3v) is 6.27. The second-order valence-electron chi connectivity index (χ2n) is 7.16. The van der Waals surface area contributed by atoms with E-state index in [-0.39, 0.29) is 5.91 Å². The number of rotatable bonds is 9. The van der Waals surface area contributed by atoms with Crippen molar-refractivity contribution in [1.29, 1.82) is 0 Å². The van der Waals surface area contributed by atoms with Gasteiger partial charge in [-0.05, 0) is 55.8 Å². The summed E-state index contributed by atoms with van der Waals surface area (Å²) >= 11 is 1.78. The number of ether oxygens (including phenoxy) is 1. The predicted octanol–water partition coefficient (Wildman–Crippen LogP) is 3.57. The van der Waals surface area contributed by atoms with Gasteiger partial charge in [0.2, 0.25) is 5.91 Å². The SMILES string of the molecule is COc1ccccc1SCC(C)CNC(=O)CC(C)C1CCCNC1. The van der Waals surface area contributed by atoms with Crippen molar-refractivity contribution in [3.63, 3.8) is 0 Å². The Balaban J connectivity index is 1.66. The Labute approximate surface area is 156 Å². The maximum Gasteiger partial charge on any atom is 0.220 e. The number of nitrogens with one attached hydrogen (secondary N) is 2. The molecular weight excluding hydrogens is 332 g/mol. The molecule has 1 heterocycles. The van der Waals surface area contributed by atoms with Crippen LogP contribution in [0.1, 0.15) is 33.1 Å². The zero-order valence-corrected chi connectivity index (χ0v) is 16.5. The Hall–Kier alpha value is -1.20. The highest BCUT2D eigenvalue weighted by molar-refractivity contribution is 7.99. The summed E-state index contributed by atoms with van der Waals surface area (Å²) in [5, 5.41) is 6.55. The second-order valence-corrected chi connectivity index (χ2v) is 8.22. The monoisotopic (exact) mass is 364 g/mol. The van der Waals surface area contributed by atoms with Gasteiger partial charge in [-0.25, -0.2) is 0 Å². The van der Waals surface area contributed by atoms with Gasteiger partial charge in [0.25, 0.3) is 0 Å². The lowest BCUT2D eigenvalue weighted by molar-refractivity contribution is -0.122. The molecule has 0 radical (unpaired) electrons. The van der Waals surface area contributed by atoms with Crippen LogP contribution in [0.25, 0.3) is 0 Å². The van der Waals surface area contributed by atoms with Gasteiger partial charge in [-0.2, -0.15) is 0 Å². The van der Waals surface area contributed by atoms with Gasteiger partial charge in [0.15, 0.2) is 0 Å². The van der Waals surface area contributed by atoms with Crippen molar-refractivity contribution in [1.82, 2.24) is 10.6 Å². The third kappa shape index (κ3) is 6.90. The number of amides is 1. The van der Waals surface area contributed by atoms with Gasteiger partial charge >= 0.3 is 0 Å².